The van der Waals surface area contributed by atoms with Crippen LogP contribution in [0, 0.1) is 0 Å². The molecule has 0 saturated carbocycles. The van der Waals surface area contributed by atoms with E-state index in [1.54, 1.807) is 0 Å². The minimum atomic E-state index is -0.610. The van der Waals surface area contributed by atoms with Gasteiger partial charge >= 0.3 is 0 Å². The zero-order valence-electron chi connectivity index (χ0n) is 13.0. The van der Waals surface area contributed by atoms with Gasteiger partial charge in [0.2, 0.25) is 0 Å². The zero-order chi connectivity index (χ0) is 14.5. The molecule has 108 valence electrons. The summed E-state index contributed by atoms with van der Waals surface area (Å²) in [6.45, 7) is 11.2. The quantitative estimate of drug-likeness (QED) is 0.779. The molecule has 1 rings (SSSR count). The standard InChI is InChI=1S/C17H29NO/c1-6-11-17(5,19)12-18-14(4)16-9-7-15(8-10-16)13(2)3/h7-10,13-14,18-19H,6,11-12H2,1-5H3. The smallest absolute Gasteiger partial charge is 0.0743 e. The highest BCUT2D eigenvalue weighted by Gasteiger charge is 2.19. The molecule has 19 heavy (non-hydrogen) atoms. The third-order valence-electron chi connectivity index (χ3n) is 3.68. The summed E-state index contributed by atoms with van der Waals surface area (Å²) in [5.41, 5.74) is 2.03. The Morgan fingerprint density at radius 1 is 1.11 bits per heavy atom. The van der Waals surface area contributed by atoms with E-state index < -0.39 is 5.60 Å². The molecule has 2 atom stereocenters. The third-order valence-corrected chi connectivity index (χ3v) is 3.68. The summed E-state index contributed by atoms with van der Waals surface area (Å²) in [7, 11) is 0. The summed E-state index contributed by atoms with van der Waals surface area (Å²) in [5.74, 6) is 0.572. The molecule has 2 N–H and O–H groups in total. The second kappa shape index (κ2) is 7.06. The highest BCUT2D eigenvalue weighted by Crippen LogP contribution is 2.19. The van der Waals surface area contributed by atoms with E-state index in [9.17, 15) is 5.11 Å². The molecule has 0 aromatic heterocycles. The minimum absolute atomic E-state index is 0.268. The Kier molecular flexibility index (Phi) is 6.02. The first-order chi connectivity index (χ1) is 8.85. The van der Waals surface area contributed by atoms with Crippen molar-refractivity contribution >= 4 is 0 Å². The average molecular weight is 263 g/mol. The van der Waals surface area contributed by atoms with E-state index in [-0.39, 0.29) is 6.04 Å². The van der Waals surface area contributed by atoms with E-state index in [4.69, 9.17) is 0 Å². The van der Waals surface area contributed by atoms with Crippen molar-refractivity contribution in [1.82, 2.24) is 5.32 Å². The summed E-state index contributed by atoms with van der Waals surface area (Å²) >= 11 is 0. The molecule has 0 aliphatic heterocycles. The molecule has 0 radical (unpaired) electrons. The lowest BCUT2D eigenvalue weighted by molar-refractivity contribution is 0.0477. The fourth-order valence-electron chi connectivity index (χ4n) is 2.29. The topological polar surface area (TPSA) is 32.3 Å². The van der Waals surface area contributed by atoms with Gasteiger partial charge in [0.25, 0.3) is 0 Å². The first-order valence-electron chi connectivity index (χ1n) is 7.41. The van der Waals surface area contributed by atoms with Gasteiger partial charge in [-0.2, -0.15) is 0 Å². The monoisotopic (exact) mass is 263 g/mol. The van der Waals surface area contributed by atoms with Crippen molar-refractivity contribution in [1.29, 1.82) is 0 Å². The van der Waals surface area contributed by atoms with E-state index in [0.717, 1.165) is 12.8 Å². The highest BCUT2D eigenvalue weighted by molar-refractivity contribution is 5.26. The molecule has 2 unspecified atom stereocenters. The van der Waals surface area contributed by atoms with Crippen LogP contribution in [0.15, 0.2) is 24.3 Å². The minimum Gasteiger partial charge on any atom is -0.389 e. The van der Waals surface area contributed by atoms with Gasteiger partial charge in [0.05, 0.1) is 5.60 Å². The van der Waals surface area contributed by atoms with Crippen LogP contribution in [0.3, 0.4) is 0 Å². The van der Waals surface area contributed by atoms with E-state index in [1.807, 2.05) is 6.92 Å². The number of hydrogen-bond acceptors (Lipinski definition) is 2. The van der Waals surface area contributed by atoms with Crippen molar-refractivity contribution in [2.24, 2.45) is 0 Å². The number of hydrogen-bond donors (Lipinski definition) is 2. The van der Waals surface area contributed by atoms with Gasteiger partial charge in [-0.15, -0.1) is 0 Å². The molecule has 1 aromatic rings. The molecule has 2 heteroatoms. The molecule has 0 saturated heterocycles. The molecule has 0 aliphatic carbocycles. The van der Waals surface area contributed by atoms with Crippen LogP contribution in [-0.4, -0.2) is 17.3 Å². The Hall–Kier alpha value is -0.860. The second-order valence-corrected chi connectivity index (χ2v) is 6.17. The molecule has 0 spiro atoms. The summed E-state index contributed by atoms with van der Waals surface area (Å²) in [4.78, 5) is 0. The van der Waals surface area contributed by atoms with Crippen LogP contribution in [0.5, 0.6) is 0 Å². The first-order valence-corrected chi connectivity index (χ1v) is 7.41. The Balaban J connectivity index is 2.56. The molecule has 0 bridgehead atoms. The second-order valence-electron chi connectivity index (χ2n) is 6.17. The average Bonchev–Trinajstić information content (AvgIpc) is 2.36. The van der Waals surface area contributed by atoms with Crippen molar-refractivity contribution in [3.8, 4) is 0 Å². The van der Waals surface area contributed by atoms with Crippen LogP contribution in [0.4, 0.5) is 0 Å². The van der Waals surface area contributed by atoms with Gasteiger partial charge in [0.15, 0.2) is 0 Å². The van der Waals surface area contributed by atoms with Gasteiger partial charge in [-0.05, 0) is 37.3 Å². The van der Waals surface area contributed by atoms with Crippen molar-refractivity contribution < 1.29 is 5.11 Å². The predicted octanol–water partition coefficient (Wildman–Crippen LogP) is 4.01. The van der Waals surface area contributed by atoms with Gasteiger partial charge in [-0.1, -0.05) is 51.5 Å². The van der Waals surface area contributed by atoms with Crippen molar-refractivity contribution in [2.75, 3.05) is 6.54 Å². The summed E-state index contributed by atoms with van der Waals surface area (Å²) in [6.07, 6.45) is 1.84. The zero-order valence-corrected chi connectivity index (χ0v) is 13.0. The van der Waals surface area contributed by atoms with Crippen molar-refractivity contribution in [3.05, 3.63) is 35.4 Å². The van der Waals surface area contributed by atoms with Crippen molar-refractivity contribution in [2.45, 2.75) is 65.0 Å². The van der Waals surface area contributed by atoms with Gasteiger partial charge in [-0.3, -0.25) is 0 Å². The largest absolute Gasteiger partial charge is 0.389 e. The number of nitrogens with one attached hydrogen (secondary N) is 1. The molecule has 0 fully saturated rings. The van der Waals surface area contributed by atoms with E-state index in [2.05, 4.69) is 57.3 Å². The van der Waals surface area contributed by atoms with E-state index in [1.165, 1.54) is 11.1 Å². The Bertz CT molecular complexity index is 367. The van der Waals surface area contributed by atoms with Crippen LogP contribution in [0.1, 0.15) is 70.5 Å². The van der Waals surface area contributed by atoms with Gasteiger partial charge in [0, 0.05) is 12.6 Å². The summed E-state index contributed by atoms with van der Waals surface area (Å²) in [5, 5.41) is 13.6. The molecule has 0 heterocycles. The normalized spacial score (nSPS) is 16.4. The van der Waals surface area contributed by atoms with Gasteiger partial charge in [-0.25, -0.2) is 0 Å². The molecular weight excluding hydrogens is 234 g/mol. The molecule has 2 nitrogen and oxygen atoms in total. The van der Waals surface area contributed by atoms with Crippen LogP contribution in [0.2, 0.25) is 0 Å². The third kappa shape index (κ3) is 5.33. The Morgan fingerprint density at radius 3 is 2.11 bits per heavy atom. The fraction of sp³-hybridized carbons (Fsp3) is 0.647. The van der Waals surface area contributed by atoms with Crippen LogP contribution >= 0.6 is 0 Å². The lowest BCUT2D eigenvalue weighted by Crippen LogP contribution is -2.38. The number of aliphatic hydroxyl groups is 1. The Labute approximate surface area is 118 Å². The number of benzene rings is 1. The molecule has 0 aliphatic rings. The van der Waals surface area contributed by atoms with Crippen LogP contribution < -0.4 is 5.32 Å². The SMILES string of the molecule is CCCC(C)(O)CNC(C)c1ccc(C(C)C)cc1. The number of rotatable bonds is 7. The predicted molar refractivity (Wildman–Crippen MR) is 82.5 cm³/mol. The fourth-order valence-corrected chi connectivity index (χ4v) is 2.29. The van der Waals surface area contributed by atoms with Crippen LogP contribution in [0.25, 0.3) is 0 Å². The van der Waals surface area contributed by atoms with Gasteiger partial charge < -0.3 is 10.4 Å². The maximum absolute atomic E-state index is 10.2. The molecular formula is C17H29NO. The van der Waals surface area contributed by atoms with Crippen molar-refractivity contribution in [3.63, 3.8) is 0 Å². The first kappa shape index (κ1) is 16.2. The summed E-state index contributed by atoms with van der Waals surface area (Å²) in [6, 6.07) is 9.03. The van der Waals surface area contributed by atoms with E-state index >= 15 is 0 Å². The summed E-state index contributed by atoms with van der Waals surface area (Å²) < 4.78 is 0. The lowest BCUT2D eigenvalue weighted by Gasteiger charge is -2.26. The molecule has 0 amide bonds. The highest BCUT2D eigenvalue weighted by atomic mass is 16.3. The Morgan fingerprint density at radius 2 is 1.63 bits per heavy atom. The maximum atomic E-state index is 10.2. The van der Waals surface area contributed by atoms with E-state index in [0.29, 0.717) is 12.5 Å². The molecule has 1 aromatic carbocycles. The maximum Gasteiger partial charge on any atom is 0.0743 e. The van der Waals surface area contributed by atoms with Gasteiger partial charge in [0.1, 0.15) is 0 Å². The van der Waals surface area contributed by atoms with Crippen LogP contribution in [-0.2, 0) is 0 Å². The lowest BCUT2D eigenvalue weighted by atomic mass is 9.98.